The normalized spacial score (nSPS) is 28.9. The van der Waals surface area contributed by atoms with E-state index >= 15 is 0 Å². The number of aromatic nitrogens is 1. The van der Waals surface area contributed by atoms with Crippen LogP contribution < -0.4 is 5.32 Å². The quantitative estimate of drug-likeness (QED) is 0.882. The lowest BCUT2D eigenvalue weighted by molar-refractivity contribution is -0.139. The zero-order valence-corrected chi connectivity index (χ0v) is 13.9. The molecular formula is C15H22N2O2S2. The van der Waals surface area contributed by atoms with Crippen molar-refractivity contribution in [2.24, 2.45) is 0 Å². The second-order valence-electron chi connectivity index (χ2n) is 5.96. The molecular weight excluding hydrogens is 304 g/mol. The van der Waals surface area contributed by atoms with Crippen molar-refractivity contribution >= 4 is 34.2 Å². The Bertz CT molecular complexity index is 510. The summed E-state index contributed by atoms with van der Waals surface area (Å²) in [6.07, 6.45) is 9.78. The fourth-order valence-electron chi connectivity index (χ4n) is 3.34. The maximum Gasteiger partial charge on any atom is 0.312 e. The summed E-state index contributed by atoms with van der Waals surface area (Å²) in [4.78, 5) is 17.1. The van der Waals surface area contributed by atoms with Gasteiger partial charge in [0.15, 0.2) is 5.13 Å². The lowest BCUT2D eigenvalue weighted by Crippen LogP contribution is -2.27. The fourth-order valence-corrected chi connectivity index (χ4v) is 5.22. The molecule has 0 spiro atoms. The number of hydrogen-bond acceptors (Lipinski definition) is 5. The smallest absolute Gasteiger partial charge is 0.312 e. The third kappa shape index (κ3) is 3.37. The molecule has 2 aliphatic rings. The van der Waals surface area contributed by atoms with Crippen LogP contribution in [0.3, 0.4) is 0 Å². The van der Waals surface area contributed by atoms with Crippen LogP contribution in [0.25, 0.3) is 0 Å². The number of hydrogen-bond donors (Lipinski definition) is 2. The van der Waals surface area contributed by atoms with Crippen LogP contribution in [0.15, 0.2) is 0 Å². The maximum absolute atomic E-state index is 11.3. The molecule has 1 aromatic heterocycles. The number of aliphatic carboxylic acids is 1. The van der Waals surface area contributed by atoms with Crippen molar-refractivity contribution in [2.45, 2.75) is 62.2 Å². The maximum atomic E-state index is 11.3. The van der Waals surface area contributed by atoms with Gasteiger partial charge in [0.1, 0.15) is 5.92 Å². The second-order valence-corrected chi connectivity index (χ2v) is 8.19. The van der Waals surface area contributed by atoms with Gasteiger partial charge in [-0.2, -0.15) is 11.8 Å². The Kier molecular flexibility index (Phi) is 4.74. The molecule has 6 heteroatoms. The van der Waals surface area contributed by atoms with Crippen LogP contribution >= 0.6 is 23.1 Å². The summed E-state index contributed by atoms with van der Waals surface area (Å²) in [7, 11) is 0. The number of nitrogens with zero attached hydrogens (tertiary/aromatic N) is 1. The van der Waals surface area contributed by atoms with Crippen molar-refractivity contribution < 1.29 is 9.90 Å². The highest BCUT2D eigenvalue weighted by atomic mass is 32.2. The molecule has 1 unspecified atom stereocenters. The molecule has 116 valence electrons. The highest BCUT2D eigenvalue weighted by molar-refractivity contribution is 7.99. The second kappa shape index (κ2) is 6.57. The number of carboxylic acid groups (broad SMARTS) is 1. The molecule has 1 fully saturated rings. The summed E-state index contributed by atoms with van der Waals surface area (Å²) in [5.74, 6) is -1.12. The molecule has 1 saturated carbocycles. The summed E-state index contributed by atoms with van der Waals surface area (Å²) < 4.78 is 0. The van der Waals surface area contributed by atoms with E-state index in [4.69, 9.17) is 0 Å². The number of anilines is 1. The molecule has 4 nitrogen and oxygen atoms in total. The van der Waals surface area contributed by atoms with Gasteiger partial charge in [0.05, 0.1) is 5.69 Å². The lowest BCUT2D eigenvalue weighted by Gasteiger charge is -2.27. The molecule has 0 amide bonds. The summed E-state index contributed by atoms with van der Waals surface area (Å²) in [5, 5.41) is 14.6. The molecule has 21 heavy (non-hydrogen) atoms. The van der Waals surface area contributed by atoms with E-state index < -0.39 is 11.9 Å². The largest absolute Gasteiger partial charge is 0.481 e. The van der Waals surface area contributed by atoms with Gasteiger partial charge in [0.2, 0.25) is 0 Å². The molecule has 0 bridgehead atoms. The Balaban J connectivity index is 1.66. The first-order valence-electron chi connectivity index (χ1n) is 7.69. The zero-order chi connectivity index (χ0) is 14.8. The first-order valence-corrected chi connectivity index (χ1v) is 9.79. The van der Waals surface area contributed by atoms with E-state index in [9.17, 15) is 9.90 Å². The van der Waals surface area contributed by atoms with Crippen molar-refractivity contribution in [3.05, 3.63) is 10.6 Å². The van der Waals surface area contributed by atoms with Crippen molar-refractivity contribution in [3.8, 4) is 0 Å². The van der Waals surface area contributed by atoms with E-state index in [-0.39, 0.29) is 0 Å². The first-order chi connectivity index (χ1) is 10.2. The van der Waals surface area contributed by atoms with E-state index in [0.717, 1.165) is 35.3 Å². The van der Waals surface area contributed by atoms with Crippen LogP contribution in [0.2, 0.25) is 0 Å². The average Bonchev–Trinajstić information content (AvgIpc) is 2.89. The van der Waals surface area contributed by atoms with Crippen molar-refractivity contribution in [1.29, 1.82) is 0 Å². The molecule has 1 atom stereocenters. The number of rotatable bonds is 4. The third-order valence-electron chi connectivity index (χ3n) is 4.59. The van der Waals surface area contributed by atoms with Gasteiger partial charge in [-0.25, -0.2) is 4.98 Å². The monoisotopic (exact) mass is 326 g/mol. The van der Waals surface area contributed by atoms with Crippen LogP contribution in [-0.2, 0) is 11.2 Å². The summed E-state index contributed by atoms with van der Waals surface area (Å²) in [6.45, 7) is 0. The van der Waals surface area contributed by atoms with Gasteiger partial charge < -0.3 is 10.4 Å². The molecule has 2 aliphatic carbocycles. The Morgan fingerprint density at radius 3 is 2.76 bits per heavy atom. The molecule has 0 aliphatic heterocycles. The predicted octanol–water partition coefficient (Wildman–Crippen LogP) is 3.73. The van der Waals surface area contributed by atoms with Crippen molar-refractivity contribution in [3.63, 3.8) is 0 Å². The Labute approximate surface area is 133 Å². The Morgan fingerprint density at radius 1 is 1.33 bits per heavy atom. The van der Waals surface area contributed by atoms with Gasteiger partial charge in [0, 0.05) is 16.2 Å². The summed E-state index contributed by atoms with van der Waals surface area (Å²) in [6, 6.07) is 0.504. The topological polar surface area (TPSA) is 62.2 Å². The molecule has 3 rings (SSSR count). The molecule has 0 saturated heterocycles. The Hall–Kier alpha value is -0.750. The van der Waals surface area contributed by atoms with Crippen molar-refractivity contribution in [2.75, 3.05) is 11.6 Å². The van der Waals surface area contributed by atoms with E-state index in [1.807, 2.05) is 11.8 Å². The molecule has 2 N–H and O–H groups in total. The van der Waals surface area contributed by atoms with E-state index in [2.05, 4.69) is 16.6 Å². The first kappa shape index (κ1) is 15.2. The molecule has 1 aromatic rings. The zero-order valence-electron chi connectivity index (χ0n) is 12.3. The van der Waals surface area contributed by atoms with Gasteiger partial charge >= 0.3 is 5.97 Å². The van der Waals surface area contributed by atoms with E-state index in [1.54, 1.807) is 11.3 Å². The Morgan fingerprint density at radius 2 is 2.10 bits per heavy atom. The fraction of sp³-hybridized carbons (Fsp3) is 0.733. The number of thiazole rings is 1. The minimum atomic E-state index is -0.728. The van der Waals surface area contributed by atoms with Crippen LogP contribution in [0.4, 0.5) is 5.13 Å². The van der Waals surface area contributed by atoms with Gasteiger partial charge in [-0.15, -0.1) is 11.3 Å². The number of fused-ring (bicyclic) bond motifs is 1. The van der Waals surface area contributed by atoms with E-state index in [1.165, 1.54) is 30.6 Å². The van der Waals surface area contributed by atoms with Crippen LogP contribution in [0.1, 0.15) is 55.0 Å². The number of aryl methyl sites for hydroxylation is 1. The minimum absolute atomic E-state index is 0.396. The summed E-state index contributed by atoms with van der Waals surface area (Å²) in [5.41, 5.74) is 0.819. The highest BCUT2D eigenvalue weighted by Crippen LogP contribution is 2.38. The number of thioether (sulfide) groups is 1. The van der Waals surface area contributed by atoms with Crippen molar-refractivity contribution in [1.82, 2.24) is 4.98 Å². The third-order valence-corrected chi connectivity index (χ3v) is 6.79. The minimum Gasteiger partial charge on any atom is -0.481 e. The number of nitrogens with one attached hydrogen (secondary N) is 1. The van der Waals surface area contributed by atoms with Crippen LogP contribution in [0.5, 0.6) is 0 Å². The van der Waals surface area contributed by atoms with E-state index in [0.29, 0.717) is 6.04 Å². The molecule has 0 aromatic carbocycles. The van der Waals surface area contributed by atoms with Gasteiger partial charge in [-0.3, -0.25) is 4.79 Å². The number of carboxylic acids is 1. The van der Waals surface area contributed by atoms with Crippen LogP contribution in [-0.4, -0.2) is 33.6 Å². The van der Waals surface area contributed by atoms with Gasteiger partial charge in [-0.05, 0) is 51.2 Å². The average molecular weight is 326 g/mol. The predicted molar refractivity (Wildman–Crippen MR) is 88.6 cm³/mol. The SMILES string of the molecule is CSC1CCC(Nc2nc3c(s2)CCCC3C(=O)O)CC1. The lowest BCUT2D eigenvalue weighted by atomic mass is 9.91. The van der Waals surface area contributed by atoms with Gasteiger partial charge in [-0.1, -0.05) is 0 Å². The number of carbonyl (C=O) groups is 1. The standard InChI is InChI=1S/C15H22N2O2S2/c1-20-10-7-5-9(6-8-10)16-15-17-13-11(14(18)19)3-2-4-12(13)21-15/h9-11H,2-8H2,1H3,(H,16,17)(H,18,19). The summed E-state index contributed by atoms with van der Waals surface area (Å²) >= 11 is 3.64. The van der Waals surface area contributed by atoms with Gasteiger partial charge in [0.25, 0.3) is 0 Å². The molecule has 1 heterocycles. The molecule has 0 radical (unpaired) electrons. The highest BCUT2D eigenvalue weighted by Gasteiger charge is 2.30. The van der Waals surface area contributed by atoms with Crippen LogP contribution in [0, 0.1) is 0 Å².